The molecule has 0 rings (SSSR count). The Hall–Kier alpha value is -1.49. The van der Waals surface area contributed by atoms with Crippen LogP contribution in [0.5, 0.6) is 0 Å². The van der Waals surface area contributed by atoms with E-state index in [1.165, 1.54) is 0 Å². The summed E-state index contributed by atoms with van der Waals surface area (Å²) >= 11 is 0. The summed E-state index contributed by atoms with van der Waals surface area (Å²) in [5.41, 5.74) is -7.02. The minimum Gasteiger partial charge on any atom is -0.317 e. The fourth-order valence-electron chi connectivity index (χ4n) is 1.03. The molecule has 0 aromatic heterocycles. The molecule has 0 aliphatic carbocycles. The van der Waals surface area contributed by atoms with Gasteiger partial charge in [0.2, 0.25) is 0 Å². The van der Waals surface area contributed by atoms with Crippen LogP contribution in [0.1, 0.15) is 13.8 Å². The van der Waals surface area contributed by atoms with Crippen LogP contribution in [-0.2, 0) is 9.63 Å². The highest BCUT2D eigenvalue weighted by Crippen LogP contribution is 2.59. The van der Waals surface area contributed by atoms with Crippen molar-refractivity contribution >= 4 is 11.7 Å². The molecule has 0 saturated carbocycles. The average molecular weight is 319 g/mol. The first kappa shape index (κ1) is 18.5. The topological polar surface area (TPSA) is 38.7 Å². The highest BCUT2D eigenvalue weighted by atomic mass is 19.4. The van der Waals surface area contributed by atoms with Crippen molar-refractivity contribution in [3.05, 3.63) is 0 Å². The molecule has 0 fully saturated rings. The van der Waals surface area contributed by atoms with E-state index in [1.54, 1.807) is 0 Å². The lowest BCUT2D eigenvalue weighted by Gasteiger charge is -2.35. The number of rotatable bonds is 2. The zero-order valence-corrected chi connectivity index (χ0v) is 9.67. The summed E-state index contributed by atoms with van der Waals surface area (Å²) in [4.78, 5) is 14.0. The maximum Gasteiger partial charge on any atom is 0.423 e. The standard InChI is InChI=1S/C8H6F9NO2/c1-3(2)18-20-4(19)5(6(9,10)11,7(12,13)14)8(15,16)17/h1-2H3. The van der Waals surface area contributed by atoms with Crippen LogP contribution in [0.25, 0.3) is 0 Å². The van der Waals surface area contributed by atoms with Crippen LogP contribution in [0.4, 0.5) is 39.5 Å². The Morgan fingerprint density at radius 1 is 0.800 bits per heavy atom. The molecule has 0 radical (unpaired) electrons. The molecule has 0 unspecified atom stereocenters. The quantitative estimate of drug-likeness (QED) is 0.338. The van der Waals surface area contributed by atoms with E-state index in [0.29, 0.717) is 0 Å². The van der Waals surface area contributed by atoms with Crippen molar-refractivity contribution in [2.45, 2.75) is 32.4 Å². The van der Waals surface area contributed by atoms with Crippen molar-refractivity contribution in [1.82, 2.24) is 0 Å². The molecule has 0 aliphatic heterocycles. The number of nitrogens with zero attached hydrogens (tertiary/aromatic N) is 1. The van der Waals surface area contributed by atoms with E-state index < -0.39 is 29.9 Å². The number of carbonyl (C=O) groups excluding carboxylic acids is 1. The molecule has 0 saturated heterocycles. The smallest absolute Gasteiger partial charge is 0.317 e. The minimum absolute atomic E-state index is 0.362. The molecule has 12 heteroatoms. The van der Waals surface area contributed by atoms with Crippen molar-refractivity contribution in [1.29, 1.82) is 0 Å². The Bertz CT molecular complexity index is 364. The van der Waals surface area contributed by atoms with Gasteiger partial charge in [-0.05, 0) is 13.8 Å². The molecule has 3 nitrogen and oxygen atoms in total. The van der Waals surface area contributed by atoms with E-state index in [4.69, 9.17) is 0 Å². The molecule has 0 spiro atoms. The molecule has 0 N–H and O–H groups in total. The Balaban J connectivity index is 6.20. The number of hydrogen-bond donors (Lipinski definition) is 0. The summed E-state index contributed by atoms with van der Waals surface area (Å²) < 4.78 is 111. The third-order valence-electron chi connectivity index (χ3n) is 1.89. The van der Waals surface area contributed by atoms with Crippen LogP contribution in [-0.4, -0.2) is 30.2 Å². The SMILES string of the molecule is CC(C)=NOC(=O)C(C(F)(F)F)(C(F)(F)F)C(F)(F)F. The van der Waals surface area contributed by atoms with Crippen LogP contribution < -0.4 is 0 Å². The van der Waals surface area contributed by atoms with E-state index in [2.05, 4.69) is 9.99 Å². The van der Waals surface area contributed by atoms with Crippen molar-refractivity contribution in [2.24, 2.45) is 10.6 Å². The highest BCUT2D eigenvalue weighted by molar-refractivity contribution is 5.83. The fraction of sp³-hybridized carbons (Fsp3) is 0.750. The molecule has 0 atom stereocenters. The van der Waals surface area contributed by atoms with Crippen LogP contribution in [0, 0.1) is 5.41 Å². The fourth-order valence-corrected chi connectivity index (χ4v) is 1.03. The van der Waals surface area contributed by atoms with Gasteiger partial charge in [0.15, 0.2) is 0 Å². The molecule has 0 amide bonds. The summed E-state index contributed by atoms with van der Waals surface area (Å²) in [5, 5.41) is 2.40. The average Bonchev–Trinajstić information content (AvgIpc) is 2.07. The predicted octanol–water partition coefficient (Wildman–Crippen LogP) is 3.60. The second-order valence-corrected chi connectivity index (χ2v) is 3.66. The lowest BCUT2D eigenvalue weighted by molar-refractivity contribution is -0.412. The van der Waals surface area contributed by atoms with Gasteiger partial charge in [-0.3, -0.25) is 0 Å². The van der Waals surface area contributed by atoms with E-state index in [1.807, 2.05) is 0 Å². The first-order valence-electron chi connectivity index (χ1n) is 4.52. The van der Waals surface area contributed by atoms with Crippen LogP contribution in [0.3, 0.4) is 0 Å². The molecule has 0 heterocycles. The van der Waals surface area contributed by atoms with Gasteiger partial charge in [0, 0.05) is 0 Å². The summed E-state index contributed by atoms with van der Waals surface area (Å²) in [5.74, 6) is -3.62. The molecular formula is C8H6F9NO2. The van der Waals surface area contributed by atoms with E-state index >= 15 is 0 Å². The Morgan fingerprint density at radius 3 is 1.30 bits per heavy atom. The number of alkyl halides is 9. The van der Waals surface area contributed by atoms with Gasteiger partial charge in [-0.1, -0.05) is 5.16 Å². The maximum absolute atomic E-state index is 12.4. The zero-order valence-electron chi connectivity index (χ0n) is 9.67. The third kappa shape index (κ3) is 2.98. The van der Waals surface area contributed by atoms with Crippen molar-refractivity contribution < 1.29 is 49.1 Å². The summed E-state index contributed by atoms with van der Waals surface area (Å²) in [6.07, 6.45) is -21.0. The van der Waals surface area contributed by atoms with Crippen LogP contribution in [0.15, 0.2) is 5.16 Å². The van der Waals surface area contributed by atoms with Gasteiger partial charge in [0.1, 0.15) is 0 Å². The highest BCUT2D eigenvalue weighted by Gasteiger charge is 2.89. The summed E-state index contributed by atoms with van der Waals surface area (Å²) in [7, 11) is 0. The Kier molecular flexibility index (Phi) is 4.75. The van der Waals surface area contributed by atoms with Gasteiger partial charge < -0.3 is 4.84 Å². The normalized spacial score (nSPS) is 13.9. The lowest BCUT2D eigenvalue weighted by Crippen LogP contribution is -2.64. The van der Waals surface area contributed by atoms with Crippen molar-refractivity contribution in [3.8, 4) is 0 Å². The Labute approximate surface area is 105 Å². The number of halogens is 9. The molecule has 118 valence electrons. The monoisotopic (exact) mass is 319 g/mol. The lowest BCUT2D eigenvalue weighted by atomic mass is 9.85. The molecular weight excluding hydrogens is 313 g/mol. The first-order chi connectivity index (χ1) is 8.59. The Morgan fingerprint density at radius 2 is 1.10 bits per heavy atom. The van der Waals surface area contributed by atoms with Gasteiger partial charge in [-0.15, -0.1) is 0 Å². The second-order valence-electron chi connectivity index (χ2n) is 3.66. The van der Waals surface area contributed by atoms with Crippen LogP contribution >= 0.6 is 0 Å². The second kappa shape index (κ2) is 5.13. The third-order valence-corrected chi connectivity index (χ3v) is 1.89. The molecule has 0 aromatic rings. The number of carbonyl (C=O) groups is 1. The van der Waals surface area contributed by atoms with Gasteiger partial charge in [-0.2, -0.15) is 39.5 Å². The van der Waals surface area contributed by atoms with Crippen molar-refractivity contribution in [3.63, 3.8) is 0 Å². The van der Waals surface area contributed by atoms with E-state index in [9.17, 15) is 44.3 Å². The number of hydrogen-bond acceptors (Lipinski definition) is 3. The van der Waals surface area contributed by atoms with Crippen molar-refractivity contribution in [2.75, 3.05) is 0 Å². The van der Waals surface area contributed by atoms with Gasteiger partial charge >= 0.3 is 29.9 Å². The number of oxime groups is 1. The summed E-state index contributed by atoms with van der Waals surface area (Å²) in [6.45, 7) is 1.95. The van der Waals surface area contributed by atoms with Crippen LogP contribution in [0.2, 0.25) is 0 Å². The van der Waals surface area contributed by atoms with E-state index in [-0.39, 0.29) is 5.71 Å². The molecule has 0 aromatic carbocycles. The minimum atomic E-state index is -7.00. The first-order valence-corrected chi connectivity index (χ1v) is 4.52. The molecule has 20 heavy (non-hydrogen) atoms. The predicted molar refractivity (Wildman–Crippen MR) is 45.5 cm³/mol. The summed E-state index contributed by atoms with van der Waals surface area (Å²) in [6, 6.07) is 0. The van der Waals surface area contributed by atoms with Gasteiger partial charge in [-0.25, -0.2) is 4.79 Å². The zero-order chi connectivity index (χ0) is 16.6. The largest absolute Gasteiger partial charge is 0.423 e. The van der Waals surface area contributed by atoms with Gasteiger partial charge in [0.05, 0.1) is 5.71 Å². The van der Waals surface area contributed by atoms with Gasteiger partial charge in [0.25, 0.3) is 0 Å². The maximum atomic E-state index is 12.4. The molecule has 0 bridgehead atoms. The molecule has 0 aliphatic rings. The van der Waals surface area contributed by atoms with E-state index in [0.717, 1.165) is 13.8 Å².